The molecule has 150 valence electrons. The molecule has 0 radical (unpaired) electrons. The van der Waals surface area contributed by atoms with Gasteiger partial charge in [0, 0.05) is 5.69 Å². The summed E-state index contributed by atoms with van der Waals surface area (Å²) in [5, 5.41) is 5.82. The second-order valence-corrected chi connectivity index (χ2v) is 7.04. The molecule has 3 rings (SSSR count). The number of carbonyl (C=O) groups is 2. The highest BCUT2D eigenvalue weighted by Gasteiger charge is 2.13. The van der Waals surface area contributed by atoms with Crippen molar-refractivity contribution in [3.8, 4) is 5.75 Å². The van der Waals surface area contributed by atoms with Crippen LogP contribution in [0.4, 0.5) is 5.69 Å². The summed E-state index contributed by atoms with van der Waals surface area (Å²) in [5.41, 5.74) is 1.62. The third-order valence-corrected chi connectivity index (χ3v) is 4.64. The van der Waals surface area contributed by atoms with Crippen LogP contribution in [0.25, 0.3) is 0 Å². The van der Waals surface area contributed by atoms with Gasteiger partial charge in [-0.15, -0.1) is 0 Å². The maximum atomic E-state index is 12.2. The van der Waals surface area contributed by atoms with Gasteiger partial charge >= 0.3 is 0 Å². The lowest BCUT2D eigenvalue weighted by atomic mass is 10.2. The second-order valence-electron chi connectivity index (χ2n) is 6.23. The summed E-state index contributed by atoms with van der Waals surface area (Å²) >= 11 is 11.7. The summed E-state index contributed by atoms with van der Waals surface area (Å²) < 4.78 is 11.1. The zero-order valence-electron chi connectivity index (χ0n) is 15.5. The molecule has 2 aromatic carbocycles. The molecule has 0 unspecified atom stereocenters. The van der Waals surface area contributed by atoms with E-state index in [0.29, 0.717) is 27.2 Å². The number of nitrogens with one attached hydrogen (secondary N) is 2. The van der Waals surface area contributed by atoms with Crippen molar-refractivity contribution in [3.05, 3.63) is 81.7 Å². The van der Waals surface area contributed by atoms with Crippen molar-refractivity contribution in [2.75, 3.05) is 11.9 Å². The van der Waals surface area contributed by atoms with Gasteiger partial charge in [-0.05, 0) is 49.4 Å². The van der Waals surface area contributed by atoms with Crippen molar-refractivity contribution in [1.29, 1.82) is 0 Å². The molecule has 1 aromatic heterocycles. The van der Waals surface area contributed by atoms with Crippen LogP contribution >= 0.6 is 23.2 Å². The number of ether oxygens (including phenoxy) is 1. The number of amides is 2. The van der Waals surface area contributed by atoms with Gasteiger partial charge in [0.15, 0.2) is 5.76 Å². The molecule has 0 atom stereocenters. The Morgan fingerprint density at radius 3 is 2.48 bits per heavy atom. The van der Waals surface area contributed by atoms with Crippen LogP contribution < -0.4 is 15.4 Å². The lowest BCUT2D eigenvalue weighted by Gasteiger charge is -2.07. The SMILES string of the molecule is Cc1ccc(OCc2ccc(C(=O)NCC(=O)Nc3ccc(Cl)c(Cl)c3)o2)cc1. The van der Waals surface area contributed by atoms with Crippen LogP contribution in [-0.4, -0.2) is 18.4 Å². The van der Waals surface area contributed by atoms with Crippen molar-refractivity contribution in [2.24, 2.45) is 0 Å². The van der Waals surface area contributed by atoms with Gasteiger partial charge in [-0.1, -0.05) is 40.9 Å². The number of rotatable bonds is 7. The van der Waals surface area contributed by atoms with E-state index in [-0.39, 0.29) is 18.9 Å². The third kappa shape index (κ3) is 6.01. The average Bonchev–Trinajstić information content (AvgIpc) is 3.18. The number of anilines is 1. The minimum atomic E-state index is -0.504. The Balaban J connectivity index is 1.47. The minimum absolute atomic E-state index is 0.0924. The molecule has 8 heteroatoms. The lowest BCUT2D eigenvalue weighted by molar-refractivity contribution is -0.115. The zero-order valence-corrected chi connectivity index (χ0v) is 17.0. The maximum absolute atomic E-state index is 12.2. The number of halogens is 2. The lowest BCUT2D eigenvalue weighted by Crippen LogP contribution is -2.32. The van der Waals surface area contributed by atoms with E-state index in [2.05, 4.69) is 10.6 Å². The Hall–Kier alpha value is -2.96. The van der Waals surface area contributed by atoms with E-state index in [1.165, 1.54) is 12.1 Å². The molecular weight excluding hydrogens is 415 g/mol. The summed E-state index contributed by atoms with van der Waals surface area (Å²) in [5.74, 6) is 0.380. The monoisotopic (exact) mass is 432 g/mol. The van der Waals surface area contributed by atoms with E-state index >= 15 is 0 Å². The molecule has 2 N–H and O–H groups in total. The molecule has 0 spiro atoms. The van der Waals surface area contributed by atoms with Crippen molar-refractivity contribution >= 4 is 40.7 Å². The van der Waals surface area contributed by atoms with Crippen molar-refractivity contribution in [3.63, 3.8) is 0 Å². The molecule has 0 fully saturated rings. The quantitative estimate of drug-likeness (QED) is 0.559. The van der Waals surface area contributed by atoms with Gasteiger partial charge in [0.25, 0.3) is 5.91 Å². The van der Waals surface area contributed by atoms with Crippen LogP contribution in [-0.2, 0) is 11.4 Å². The van der Waals surface area contributed by atoms with Gasteiger partial charge in [0.2, 0.25) is 5.91 Å². The van der Waals surface area contributed by atoms with Crippen molar-refractivity contribution < 1.29 is 18.7 Å². The van der Waals surface area contributed by atoms with Crippen molar-refractivity contribution in [2.45, 2.75) is 13.5 Å². The first-order chi connectivity index (χ1) is 13.9. The van der Waals surface area contributed by atoms with E-state index in [4.69, 9.17) is 32.4 Å². The van der Waals surface area contributed by atoms with E-state index in [1.807, 2.05) is 31.2 Å². The molecule has 1 heterocycles. The molecule has 0 saturated heterocycles. The van der Waals surface area contributed by atoms with Crippen LogP contribution in [0.5, 0.6) is 5.75 Å². The highest BCUT2D eigenvalue weighted by molar-refractivity contribution is 6.42. The number of hydrogen-bond acceptors (Lipinski definition) is 4. The van der Waals surface area contributed by atoms with Gasteiger partial charge in [-0.3, -0.25) is 9.59 Å². The topological polar surface area (TPSA) is 80.6 Å². The van der Waals surface area contributed by atoms with E-state index in [9.17, 15) is 9.59 Å². The molecule has 0 saturated carbocycles. The number of carbonyl (C=O) groups excluding carboxylic acids is 2. The van der Waals surface area contributed by atoms with Crippen LogP contribution in [0.1, 0.15) is 21.9 Å². The van der Waals surface area contributed by atoms with Crippen LogP contribution in [0.15, 0.2) is 59.0 Å². The van der Waals surface area contributed by atoms with Crippen LogP contribution in [0.2, 0.25) is 10.0 Å². The normalized spacial score (nSPS) is 10.4. The van der Waals surface area contributed by atoms with Gasteiger partial charge in [-0.25, -0.2) is 0 Å². The fourth-order valence-corrected chi connectivity index (χ4v) is 2.69. The average molecular weight is 433 g/mol. The number of benzene rings is 2. The third-order valence-electron chi connectivity index (χ3n) is 3.90. The zero-order chi connectivity index (χ0) is 20.8. The Morgan fingerprint density at radius 1 is 1.00 bits per heavy atom. The predicted octanol–water partition coefficient (Wildman–Crippen LogP) is 4.84. The van der Waals surface area contributed by atoms with Gasteiger partial charge in [0.1, 0.15) is 18.1 Å². The van der Waals surface area contributed by atoms with Gasteiger partial charge in [-0.2, -0.15) is 0 Å². The molecule has 3 aromatic rings. The Labute approximate surface area is 177 Å². The van der Waals surface area contributed by atoms with Gasteiger partial charge in [0.05, 0.1) is 16.6 Å². The smallest absolute Gasteiger partial charge is 0.287 e. The summed E-state index contributed by atoms with van der Waals surface area (Å²) in [7, 11) is 0. The molecule has 0 bridgehead atoms. The minimum Gasteiger partial charge on any atom is -0.486 e. The van der Waals surface area contributed by atoms with Gasteiger partial charge < -0.3 is 19.8 Å². The Kier molecular flexibility index (Phi) is 6.80. The number of furan rings is 1. The molecule has 29 heavy (non-hydrogen) atoms. The Bertz CT molecular complexity index is 1020. The summed E-state index contributed by atoms with van der Waals surface area (Å²) in [6.45, 7) is 1.95. The largest absolute Gasteiger partial charge is 0.486 e. The highest BCUT2D eigenvalue weighted by Crippen LogP contribution is 2.24. The first kappa shape index (κ1) is 20.8. The fraction of sp³-hybridized carbons (Fsp3) is 0.143. The number of hydrogen-bond donors (Lipinski definition) is 2. The molecule has 2 amide bonds. The summed E-state index contributed by atoms with van der Waals surface area (Å²) in [4.78, 5) is 24.1. The first-order valence-electron chi connectivity index (χ1n) is 8.72. The molecule has 0 aliphatic rings. The number of aryl methyl sites for hydroxylation is 1. The van der Waals surface area contributed by atoms with Crippen LogP contribution in [0.3, 0.4) is 0 Å². The molecular formula is C21H18Cl2N2O4. The second kappa shape index (κ2) is 9.49. The van der Waals surface area contributed by atoms with E-state index in [1.54, 1.807) is 18.2 Å². The fourth-order valence-electron chi connectivity index (χ4n) is 2.39. The molecule has 0 aliphatic carbocycles. The van der Waals surface area contributed by atoms with E-state index in [0.717, 1.165) is 5.56 Å². The predicted molar refractivity (Wildman–Crippen MR) is 112 cm³/mol. The van der Waals surface area contributed by atoms with Crippen LogP contribution in [0, 0.1) is 6.92 Å². The standard InChI is InChI=1S/C21H18Cl2N2O4/c1-13-2-5-15(6-3-13)28-12-16-7-9-19(29-16)21(27)24-11-20(26)25-14-4-8-17(22)18(23)10-14/h2-10H,11-12H2,1H3,(H,24,27)(H,25,26). The maximum Gasteiger partial charge on any atom is 0.287 e. The summed E-state index contributed by atoms with van der Waals surface area (Å²) in [6, 6.07) is 15.5. The molecule has 0 aliphatic heterocycles. The first-order valence-corrected chi connectivity index (χ1v) is 9.47. The molecule has 6 nitrogen and oxygen atoms in total. The Morgan fingerprint density at radius 2 is 1.76 bits per heavy atom. The summed E-state index contributed by atoms with van der Waals surface area (Å²) in [6.07, 6.45) is 0. The van der Waals surface area contributed by atoms with E-state index < -0.39 is 11.8 Å². The highest BCUT2D eigenvalue weighted by atomic mass is 35.5. The van der Waals surface area contributed by atoms with Crippen molar-refractivity contribution in [1.82, 2.24) is 5.32 Å².